The van der Waals surface area contributed by atoms with E-state index in [-0.39, 0.29) is 0 Å². The summed E-state index contributed by atoms with van der Waals surface area (Å²) in [7, 11) is 0. The predicted molar refractivity (Wildman–Crippen MR) is 225 cm³/mol. The van der Waals surface area contributed by atoms with E-state index in [1.165, 1.54) is 135 Å². The van der Waals surface area contributed by atoms with Gasteiger partial charge in [0.1, 0.15) is 0 Å². The van der Waals surface area contributed by atoms with Crippen LogP contribution >= 0.6 is 0 Å². The topological polar surface area (TPSA) is 0 Å². The Morgan fingerprint density at radius 3 is 0.717 bits per heavy atom. The molecule has 0 aliphatic rings. The van der Waals surface area contributed by atoms with Gasteiger partial charge in [0, 0.05) is 0 Å². The van der Waals surface area contributed by atoms with Gasteiger partial charge in [-0.3, -0.25) is 0 Å². The molecule has 0 saturated carbocycles. The molecule has 0 heterocycles. The Balaban J connectivity index is -0.000000109. The smallest absolute Gasteiger partial charge is 0.0334 e. The quantitative estimate of drug-likeness (QED) is 0.108. The van der Waals surface area contributed by atoms with E-state index in [9.17, 15) is 0 Å². The van der Waals surface area contributed by atoms with Crippen LogP contribution in [0.5, 0.6) is 0 Å². The molecule has 0 aliphatic heterocycles. The Morgan fingerprint density at radius 2 is 0.565 bits per heavy atom. The lowest BCUT2D eigenvalue weighted by Gasteiger charge is -2.23. The highest BCUT2D eigenvalue weighted by atomic mass is 14.2. The molecule has 0 atom stereocenters. The van der Waals surface area contributed by atoms with Gasteiger partial charge >= 0.3 is 0 Å². The molecule has 0 amide bonds. The Bertz CT molecular complexity index is 419. The van der Waals surface area contributed by atoms with Gasteiger partial charge in [-0.15, -0.1) is 0 Å². The van der Waals surface area contributed by atoms with Crippen LogP contribution in [-0.2, 0) is 0 Å². The molecule has 0 heteroatoms. The number of hydrogen-bond donors (Lipinski definition) is 0. The van der Waals surface area contributed by atoms with Crippen LogP contribution in [0.15, 0.2) is 0 Å². The number of hydrogen-bond acceptors (Lipinski definition) is 0. The van der Waals surface area contributed by atoms with Gasteiger partial charge < -0.3 is 0 Å². The molecule has 0 N–H and O–H groups in total. The summed E-state index contributed by atoms with van der Waals surface area (Å²) in [4.78, 5) is 0. The van der Waals surface area contributed by atoms with Crippen molar-refractivity contribution in [1.29, 1.82) is 0 Å². The second-order valence-electron chi connectivity index (χ2n) is 16.6. The van der Waals surface area contributed by atoms with Crippen molar-refractivity contribution in [2.75, 3.05) is 0 Å². The fourth-order valence-electron chi connectivity index (χ4n) is 4.38. The molecule has 0 nitrogen and oxygen atoms in total. The van der Waals surface area contributed by atoms with Gasteiger partial charge in [-0.2, -0.15) is 0 Å². The summed E-state index contributed by atoms with van der Waals surface area (Å²) >= 11 is 0. The molecule has 0 rings (SSSR count). The predicted octanol–water partition coefficient (Wildman–Crippen LogP) is 18.6. The summed E-state index contributed by atoms with van der Waals surface area (Å²) in [5.74, 6) is 4.49. The highest BCUT2D eigenvalue weighted by Crippen LogP contribution is 2.28. The first-order valence-electron chi connectivity index (χ1n) is 21.5. The normalized spacial score (nSPS) is 10.7. The molecule has 0 aromatic heterocycles. The molecule has 0 aromatic rings. The van der Waals surface area contributed by atoms with Gasteiger partial charge in [0.05, 0.1) is 0 Å². The number of unbranched alkanes of at least 4 members (excludes halogenated alkanes) is 9. The molecule has 0 aliphatic carbocycles. The fraction of sp³-hybridized carbons (Fsp3) is 1.00. The maximum Gasteiger partial charge on any atom is -0.0334 e. The van der Waals surface area contributed by atoms with E-state index in [0.717, 1.165) is 29.6 Å². The van der Waals surface area contributed by atoms with E-state index in [4.69, 9.17) is 0 Å². The van der Waals surface area contributed by atoms with Crippen LogP contribution in [0.3, 0.4) is 0 Å². The molecule has 0 unspecified atom stereocenters. The van der Waals surface area contributed by atoms with E-state index in [0.29, 0.717) is 5.41 Å². The lowest BCUT2D eigenvalue weighted by molar-refractivity contribution is 0.286. The summed E-state index contributed by atoms with van der Waals surface area (Å²) in [6.45, 7) is 43.0. The average molecular weight is 657 g/mol. The molecule has 0 saturated heterocycles. The second kappa shape index (κ2) is 49.4. The zero-order valence-electron chi connectivity index (χ0n) is 37.2. The van der Waals surface area contributed by atoms with Crippen molar-refractivity contribution >= 4 is 0 Å². The van der Waals surface area contributed by atoms with Gasteiger partial charge in [-0.1, -0.05) is 266 Å². The van der Waals surface area contributed by atoms with E-state index < -0.39 is 0 Å². The summed E-state index contributed by atoms with van der Waals surface area (Å²) in [5, 5.41) is 0. The van der Waals surface area contributed by atoms with Crippen LogP contribution < -0.4 is 0 Å². The van der Waals surface area contributed by atoms with Crippen molar-refractivity contribution in [3.8, 4) is 0 Å². The Kier molecular flexibility index (Phi) is 62.5. The van der Waals surface area contributed by atoms with E-state index in [1.54, 1.807) is 0 Å². The van der Waals surface area contributed by atoms with Crippen molar-refractivity contribution in [2.24, 2.45) is 35.0 Å². The molecule has 46 heavy (non-hydrogen) atoms. The van der Waals surface area contributed by atoms with Crippen LogP contribution in [0.25, 0.3) is 0 Å². The van der Waals surface area contributed by atoms with E-state index in [1.807, 2.05) is 0 Å². The van der Waals surface area contributed by atoms with Gasteiger partial charge in [-0.25, -0.2) is 0 Å². The summed E-state index contributed by atoms with van der Waals surface area (Å²) in [6.07, 6.45) is 29.3. The molecule has 0 spiro atoms. The largest absolute Gasteiger partial charge is 0.0654 e. The third-order valence-electron chi connectivity index (χ3n) is 9.13. The maximum absolute atomic E-state index is 2.35. The summed E-state index contributed by atoms with van der Waals surface area (Å²) in [6, 6.07) is 0. The van der Waals surface area contributed by atoms with Crippen molar-refractivity contribution in [3.63, 3.8) is 0 Å². The third-order valence-corrected chi connectivity index (χ3v) is 9.13. The van der Waals surface area contributed by atoms with Gasteiger partial charge in [-0.05, 0) is 35.0 Å². The van der Waals surface area contributed by atoms with Gasteiger partial charge in [0.25, 0.3) is 0 Å². The zero-order chi connectivity index (χ0) is 37.2. The van der Waals surface area contributed by atoms with Crippen molar-refractivity contribution in [1.82, 2.24) is 0 Å². The molecule has 288 valence electrons. The Labute approximate surface area is 300 Å². The molecule has 0 radical (unpaired) electrons. The molecule has 0 aromatic carbocycles. The monoisotopic (exact) mass is 657 g/mol. The standard InChI is InChI=1S/C14H30.C8H18.C7H16.2C6H14.C5H12/c1-4-5-6-7-8-9-10-11-12-13-14(2)3;1-5-8(4,6-2)7-3;1-4-5-6-7(2)3;2*1-4-5-6(2)3;1-4-5(2)3/h14H,4-13H2,1-3H3;5-7H2,1-4H3;7H,4-6H2,1-3H3;2*6H,4-5H2,1-3H3;5H,4H2,1-3H3. The lowest BCUT2D eigenvalue weighted by atomic mass is 9.82. The van der Waals surface area contributed by atoms with Crippen LogP contribution in [0.2, 0.25) is 0 Å². The maximum atomic E-state index is 2.35. The third kappa shape index (κ3) is 79.4. The molecular weight excluding hydrogens is 553 g/mol. The second-order valence-corrected chi connectivity index (χ2v) is 16.6. The van der Waals surface area contributed by atoms with Crippen LogP contribution in [0.1, 0.15) is 266 Å². The van der Waals surface area contributed by atoms with Crippen molar-refractivity contribution < 1.29 is 0 Å². The van der Waals surface area contributed by atoms with Crippen LogP contribution in [-0.4, -0.2) is 0 Å². The summed E-state index contributed by atoms with van der Waals surface area (Å²) < 4.78 is 0. The highest BCUT2D eigenvalue weighted by molar-refractivity contribution is 4.67. The molecular formula is C46H104. The average Bonchev–Trinajstić information content (AvgIpc) is 3.00. The van der Waals surface area contributed by atoms with E-state index >= 15 is 0 Å². The van der Waals surface area contributed by atoms with Crippen molar-refractivity contribution in [2.45, 2.75) is 266 Å². The molecule has 0 bridgehead atoms. The number of rotatable bonds is 21. The van der Waals surface area contributed by atoms with Crippen LogP contribution in [0, 0.1) is 35.0 Å². The minimum atomic E-state index is 0.625. The highest BCUT2D eigenvalue weighted by Gasteiger charge is 2.15. The molecule has 0 fully saturated rings. The first kappa shape index (κ1) is 58.2. The summed E-state index contributed by atoms with van der Waals surface area (Å²) in [5.41, 5.74) is 0.625. The minimum Gasteiger partial charge on any atom is -0.0654 e. The fourth-order valence-corrected chi connectivity index (χ4v) is 4.38. The van der Waals surface area contributed by atoms with Gasteiger partial charge in [0.2, 0.25) is 0 Å². The minimum absolute atomic E-state index is 0.625. The first-order chi connectivity index (χ1) is 21.5. The van der Waals surface area contributed by atoms with E-state index in [2.05, 4.69) is 132 Å². The zero-order valence-corrected chi connectivity index (χ0v) is 37.2. The first-order valence-corrected chi connectivity index (χ1v) is 21.5. The lowest BCUT2D eigenvalue weighted by Crippen LogP contribution is -2.10. The SMILES string of the molecule is CCC(C)(CC)CC.CCC(C)C.CCCC(C)C.CCCC(C)C.CCCCC(C)C.CCCCCCCCCCCC(C)C. The Morgan fingerprint density at radius 1 is 0.304 bits per heavy atom. The van der Waals surface area contributed by atoms with Gasteiger partial charge in [0.15, 0.2) is 0 Å². The van der Waals surface area contributed by atoms with Crippen LogP contribution in [0.4, 0.5) is 0 Å². The Hall–Kier alpha value is 0. The van der Waals surface area contributed by atoms with Crippen molar-refractivity contribution in [3.05, 3.63) is 0 Å².